The Hall–Kier alpha value is -0.820. The maximum atomic E-state index is 2.66. The minimum absolute atomic E-state index is 0.736. The van der Waals surface area contributed by atoms with Gasteiger partial charge in [0.15, 0.2) is 0 Å². The monoisotopic (exact) mass is 187 g/mol. The molecule has 1 saturated heterocycles. The van der Waals surface area contributed by atoms with Gasteiger partial charge in [-0.05, 0) is 43.0 Å². The molecule has 74 valence electrons. The van der Waals surface area contributed by atoms with Crippen LogP contribution in [-0.4, -0.2) is 11.4 Å². The molecule has 0 spiro atoms. The van der Waals surface area contributed by atoms with Crippen molar-refractivity contribution in [2.24, 2.45) is 0 Å². The number of nitrogens with zero attached hydrogens (tertiary/aromatic N) is 1. The number of hydrogen-bond acceptors (Lipinski definition) is 1. The highest BCUT2D eigenvalue weighted by Crippen LogP contribution is 2.53. The normalized spacial score (nSPS) is 29.6. The number of hydrogen-bond donors (Lipinski definition) is 0. The van der Waals surface area contributed by atoms with Crippen LogP contribution in [0.4, 0.5) is 0 Å². The molecule has 1 heteroatoms. The first-order chi connectivity index (χ1) is 6.83. The maximum Gasteiger partial charge on any atom is 0.0360 e. The minimum atomic E-state index is 0.736. The van der Waals surface area contributed by atoms with Gasteiger partial charge in [-0.15, -0.1) is 0 Å². The van der Waals surface area contributed by atoms with Crippen molar-refractivity contribution in [3.05, 3.63) is 34.9 Å². The fourth-order valence-corrected chi connectivity index (χ4v) is 3.40. The Kier molecular flexibility index (Phi) is 1.72. The third kappa shape index (κ3) is 0.885. The molecule has 1 aromatic rings. The van der Waals surface area contributed by atoms with E-state index in [0.29, 0.717) is 0 Å². The van der Waals surface area contributed by atoms with Crippen molar-refractivity contribution < 1.29 is 0 Å². The fourth-order valence-electron chi connectivity index (χ4n) is 3.40. The smallest absolute Gasteiger partial charge is 0.0360 e. The number of benzene rings is 1. The van der Waals surface area contributed by atoms with Gasteiger partial charge in [0.1, 0.15) is 0 Å². The second kappa shape index (κ2) is 2.83. The average Bonchev–Trinajstić information content (AvgIpc) is 2.73. The van der Waals surface area contributed by atoms with Gasteiger partial charge in [-0.1, -0.05) is 25.1 Å². The Morgan fingerprint density at radius 3 is 2.79 bits per heavy atom. The summed E-state index contributed by atoms with van der Waals surface area (Å²) in [6.45, 7) is 5.74. The standard InChI is InChI=1S/C13H17N/c1-3-14-11-7-8-12(14)13-9(2)5-4-6-10(11)13/h4-6,11-12H,3,7-8H2,1-2H3/t11-,12+/m0/s1. The zero-order valence-electron chi connectivity index (χ0n) is 8.96. The summed E-state index contributed by atoms with van der Waals surface area (Å²) in [5, 5.41) is 0. The van der Waals surface area contributed by atoms with Crippen molar-refractivity contribution in [1.29, 1.82) is 0 Å². The van der Waals surface area contributed by atoms with E-state index in [1.807, 2.05) is 0 Å². The van der Waals surface area contributed by atoms with Gasteiger partial charge in [0.25, 0.3) is 0 Å². The van der Waals surface area contributed by atoms with Crippen molar-refractivity contribution in [1.82, 2.24) is 4.90 Å². The lowest BCUT2D eigenvalue weighted by molar-refractivity contribution is 0.236. The molecule has 0 amide bonds. The zero-order chi connectivity index (χ0) is 9.71. The molecule has 2 heterocycles. The lowest BCUT2D eigenvalue weighted by Gasteiger charge is -2.19. The third-order valence-electron chi connectivity index (χ3n) is 3.93. The molecule has 2 atom stereocenters. The number of aryl methyl sites for hydroxylation is 1. The largest absolute Gasteiger partial charge is 0.290 e. The van der Waals surface area contributed by atoms with Gasteiger partial charge < -0.3 is 0 Å². The van der Waals surface area contributed by atoms with Crippen molar-refractivity contribution in [2.75, 3.05) is 6.54 Å². The van der Waals surface area contributed by atoms with Crippen LogP contribution in [0.15, 0.2) is 18.2 Å². The first-order valence-electron chi connectivity index (χ1n) is 5.68. The molecule has 2 aliphatic heterocycles. The third-order valence-corrected chi connectivity index (χ3v) is 3.93. The van der Waals surface area contributed by atoms with Gasteiger partial charge in [-0.25, -0.2) is 0 Å². The molecule has 1 nitrogen and oxygen atoms in total. The molecular formula is C13H17N. The van der Waals surface area contributed by atoms with E-state index in [0.717, 1.165) is 12.1 Å². The SMILES string of the molecule is CCN1[C@@H]2CC[C@H]1c1cccc(C)c12. The summed E-state index contributed by atoms with van der Waals surface area (Å²) >= 11 is 0. The fraction of sp³-hybridized carbons (Fsp3) is 0.538. The Morgan fingerprint density at radius 2 is 2.07 bits per heavy atom. The van der Waals surface area contributed by atoms with Gasteiger partial charge >= 0.3 is 0 Å². The summed E-state index contributed by atoms with van der Waals surface area (Å²) in [6.07, 6.45) is 2.74. The lowest BCUT2D eigenvalue weighted by Crippen LogP contribution is -2.18. The van der Waals surface area contributed by atoms with Crippen LogP contribution in [0.5, 0.6) is 0 Å². The quantitative estimate of drug-likeness (QED) is 0.652. The van der Waals surface area contributed by atoms with E-state index in [9.17, 15) is 0 Å². The molecule has 1 aromatic carbocycles. The Labute approximate surface area is 85.7 Å². The van der Waals surface area contributed by atoms with Crippen LogP contribution in [0.2, 0.25) is 0 Å². The van der Waals surface area contributed by atoms with Gasteiger partial charge in [0.05, 0.1) is 0 Å². The predicted octanol–water partition coefficient (Wildman–Crippen LogP) is 3.21. The van der Waals surface area contributed by atoms with E-state index >= 15 is 0 Å². The molecule has 2 bridgehead atoms. The Bertz CT molecular complexity index is 369. The molecule has 14 heavy (non-hydrogen) atoms. The highest BCUT2D eigenvalue weighted by atomic mass is 15.2. The minimum Gasteiger partial charge on any atom is -0.290 e. The Morgan fingerprint density at radius 1 is 1.29 bits per heavy atom. The van der Waals surface area contributed by atoms with E-state index in [2.05, 4.69) is 36.9 Å². The summed E-state index contributed by atoms with van der Waals surface area (Å²) in [6, 6.07) is 8.27. The van der Waals surface area contributed by atoms with Gasteiger partial charge in [-0.3, -0.25) is 4.90 Å². The predicted molar refractivity (Wildman–Crippen MR) is 58.3 cm³/mol. The molecule has 0 saturated carbocycles. The molecular weight excluding hydrogens is 170 g/mol. The summed E-state index contributed by atoms with van der Waals surface area (Å²) < 4.78 is 0. The van der Waals surface area contributed by atoms with Crippen LogP contribution >= 0.6 is 0 Å². The van der Waals surface area contributed by atoms with Crippen LogP contribution in [0.25, 0.3) is 0 Å². The molecule has 2 aliphatic rings. The summed E-state index contributed by atoms with van der Waals surface area (Å²) in [4.78, 5) is 2.66. The molecule has 3 rings (SSSR count). The average molecular weight is 187 g/mol. The number of fused-ring (bicyclic) bond motifs is 5. The molecule has 0 aromatic heterocycles. The molecule has 1 fully saturated rings. The highest BCUT2D eigenvalue weighted by Gasteiger charge is 2.43. The zero-order valence-corrected chi connectivity index (χ0v) is 8.96. The van der Waals surface area contributed by atoms with Crippen LogP contribution < -0.4 is 0 Å². The maximum absolute atomic E-state index is 2.66. The van der Waals surface area contributed by atoms with E-state index in [-0.39, 0.29) is 0 Å². The van der Waals surface area contributed by atoms with E-state index in [1.54, 1.807) is 11.1 Å². The molecule has 0 N–H and O–H groups in total. The first-order valence-corrected chi connectivity index (χ1v) is 5.68. The second-order valence-electron chi connectivity index (χ2n) is 4.52. The van der Waals surface area contributed by atoms with Crippen LogP contribution in [0.3, 0.4) is 0 Å². The van der Waals surface area contributed by atoms with Crippen molar-refractivity contribution in [2.45, 2.75) is 38.8 Å². The summed E-state index contributed by atoms with van der Waals surface area (Å²) in [5.41, 5.74) is 4.75. The lowest BCUT2D eigenvalue weighted by atomic mass is 9.89. The van der Waals surface area contributed by atoms with E-state index in [4.69, 9.17) is 0 Å². The summed E-state index contributed by atoms with van der Waals surface area (Å²) in [5.74, 6) is 0. The van der Waals surface area contributed by atoms with Gasteiger partial charge in [0.2, 0.25) is 0 Å². The first kappa shape index (κ1) is 8.49. The van der Waals surface area contributed by atoms with Crippen LogP contribution in [-0.2, 0) is 0 Å². The highest BCUT2D eigenvalue weighted by molar-refractivity contribution is 5.44. The second-order valence-corrected chi connectivity index (χ2v) is 4.52. The van der Waals surface area contributed by atoms with Gasteiger partial charge in [-0.2, -0.15) is 0 Å². The van der Waals surface area contributed by atoms with E-state index < -0.39 is 0 Å². The molecule has 0 radical (unpaired) electrons. The van der Waals surface area contributed by atoms with Crippen molar-refractivity contribution >= 4 is 0 Å². The molecule has 0 aliphatic carbocycles. The van der Waals surface area contributed by atoms with Crippen LogP contribution in [0, 0.1) is 6.92 Å². The van der Waals surface area contributed by atoms with Crippen LogP contribution in [0.1, 0.15) is 48.5 Å². The molecule has 0 unspecified atom stereocenters. The van der Waals surface area contributed by atoms with Crippen molar-refractivity contribution in [3.8, 4) is 0 Å². The van der Waals surface area contributed by atoms with Crippen molar-refractivity contribution in [3.63, 3.8) is 0 Å². The van der Waals surface area contributed by atoms with E-state index in [1.165, 1.54) is 24.9 Å². The topological polar surface area (TPSA) is 3.24 Å². The summed E-state index contributed by atoms with van der Waals surface area (Å²) in [7, 11) is 0. The number of rotatable bonds is 1. The Balaban J connectivity index is 2.16. The van der Waals surface area contributed by atoms with Gasteiger partial charge in [0, 0.05) is 12.1 Å².